The summed E-state index contributed by atoms with van der Waals surface area (Å²) in [5.41, 5.74) is 0.140. The van der Waals surface area contributed by atoms with Crippen LogP contribution in [0.15, 0.2) is 6.07 Å². The van der Waals surface area contributed by atoms with E-state index in [1.165, 1.54) is 13.2 Å². The molecule has 2 rings (SSSR count). The number of carbonyl (C=O) groups is 1. The number of carboxylic acids is 1. The summed E-state index contributed by atoms with van der Waals surface area (Å²) in [4.78, 5) is 12.9. The van der Waals surface area contributed by atoms with Crippen LogP contribution in [0.1, 0.15) is 16.8 Å². The number of carboxylic acid groups (broad SMARTS) is 1. The van der Waals surface area contributed by atoms with Gasteiger partial charge in [-0.05, 0) is 6.42 Å². The molecule has 0 atom stereocenters. The monoisotopic (exact) mass is 209 g/mol. The number of rotatable bonds is 3. The van der Waals surface area contributed by atoms with E-state index < -0.39 is 5.97 Å². The van der Waals surface area contributed by atoms with Gasteiger partial charge in [-0.3, -0.25) is 0 Å². The highest BCUT2D eigenvalue weighted by Gasteiger charge is 2.23. The van der Waals surface area contributed by atoms with Crippen LogP contribution in [0.3, 0.4) is 0 Å². The molecule has 0 unspecified atom stereocenters. The Morgan fingerprint density at radius 1 is 1.53 bits per heavy atom. The Labute approximate surface area is 86.5 Å². The number of hydrogen-bond acceptors (Lipinski definition) is 5. The van der Waals surface area contributed by atoms with Crippen molar-refractivity contribution >= 4 is 11.8 Å². The molecule has 1 fully saturated rings. The van der Waals surface area contributed by atoms with E-state index in [2.05, 4.69) is 10.2 Å². The zero-order valence-corrected chi connectivity index (χ0v) is 8.30. The fourth-order valence-corrected chi connectivity index (χ4v) is 1.39. The summed E-state index contributed by atoms with van der Waals surface area (Å²) in [7, 11) is 1.43. The molecule has 0 saturated carbocycles. The highest BCUT2D eigenvalue weighted by atomic mass is 16.5. The lowest BCUT2D eigenvalue weighted by Crippen LogP contribution is -2.38. The molecule has 0 bridgehead atoms. The SMILES string of the molecule is COc1cc(C(=O)O)c(N2CCC2)nn1. The van der Waals surface area contributed by atoms with Crippen LogP contribution >= 0.6 is 0 Å². The van der Waals surface area contributed by atoms with E-state index in [1.807, 2.05) is 4.90 Å². The third-order valence-corrected chi connectivity index (χ3v) is 2.35. The number of hydrogen-bond donors (Lipinski definition) is 1. The first kappa shape index (κ1) is 9.70. The molecule has 0 spiro atoms. The first-order chi connectivity index (χ1) is 7.22. The lowest BCUT2D eigenvalue weighted by Gasteiger charge is -2.32. The minimum absolute atomic E-state index is 0.140. The maximum atomic E-state index is 11.0. The lowest BCUT2D eigenvalue weighted by atomic mass is 10.2. The van der Waals surface area contributed by atoms with E-state index in [0.717, 1.165) is 19.5 Å². The van der Waals surface area contributed by atoms with Crippen LogP contribution < -0.4 is 9.64 Å². The largest absolute Gasteiger partial charge is 0.480 e. The van der Waals surface area contributed by atoms with E-state index in [-0.39, 0.29) is 11.4 Å². The summed E-state index contributed by atoms with van der Waals surface area (Å²) >= 11 is 0. The van der Waals surface area contributed by atoms with Crippen molar-refractivity contribution in [2.24, 2.45) is 0 Å². The van der Waals surface area contributed by atoms with Crippen LogP contribution in [0.5, 0.6) is 5.88 Å². The molecule has 1 N–H and O–H groups in total. The maximum Gasteiger partial charge on any atom is 0.339 e. The van der Waals surface area contributed by atoms with Gasteiger partial charge in [-0.2, -0.15) is 0 Å². The second-order valence-corrected chi connectivity index (χ2v) is 3.27. The number of anilines is 1. The molecule has 15 heavy (non-hydrogen) atoms. The van der Waals surface area contributed by atoms with Crippen LogP contribution in [0.25, 0.3) is 0 Å². The van der Waals surface area contributed by atoms with Crippen LogP contribution in [-0.4, -0.2) is 41.5 Å². The standard InChI is InChI=1S/C9H11N3O3/c1-15-7-5-6(9(13)14)8(11-10-7)12-3-2-4-12/h5H,2-4H2,1H3,(H,13,14). The van der Waals surface area contributed by atoms with Crippen LogP contribution in [0.2, 0.25) is 0 Å². The van der Waals surface area contributed by atoms with Gasteiger partial charge < -0.3 is 14.7 Å². The van der Waals surface area contributed by atoms with Crippen LogP contribution in [-0.2, 0) is 0 Å². The summed E-state index contributed by atoms with van der Waals surface area (Å²) in [5, 5.41) is 16.6. The first-order valence-corrected chi connectivity index (χ1v) is 4.62. The highest BCUT2D eigenvalue weighted by Crippen LogP contribution is 2.24. The molecule has 1 aliphatic rings. The molecule has 1 aromatic rings. The van der Waals surface area contributed by atoms with Gasteiger partial charge in [-0.1, -0.05) is 0 Å². The molecule has 0 radical (unpaired) electrons. The van der Waals surface area contributed by atoms with Crippen molar-refractivity contribution < 1.29 is 14.6 Å². The highest BCUT2D eigenvalue weighted by molar-refractivity contribution is 5.93. The van der Waals surface area contributed by atoms with Crippen molar-refractivity contribution in [2.45, 2.75) is 6.42 Å². The summed E-state index contributed by atoms with van der Waals surface area (Å²) in [6.45, 7) is 1.67. The van der Waals surface area contributed by atoms with Gasteiger partial charge in [0.05, 0.1) is 7.11 Å². The van der Waals surface area contributed by atoms with E-state index in [0.29, 0.717) is 5.82 Å². The first-order valence-electron chi connectivity index (χ1n) is 4.62. The molecule has 80 valence electrons. The second-order valence-electron chi connectivity index (χ2n) is 3.27. The average molecular weight is 209 g/mol. The fourth-order valence-electron chi connectivity index (χ4n) is 1.39. The predicted octanol–water partition coefficient (Wildman–Crippen LogP) is 0.393. The van der Waals surface area contributed by atoms with Gasteiger partial charge in [-0.25, -0.2) is 4.79 Å². The molecule has 2 heterocycles. The predicted molar refractivity (Wildman–Crippen MR) is 52.4 cm³/mol. The van der Waals surface area contributed by atoms with E-state index in [9.17, 15) is 4.79 Å². The summed E-state index contributed by atoms with van der Waals surface area (Å²) in [6.07, 6.45) is 1.06. The second kappa shape index (κ2) is 3.72. The van der Waals surface area contributed by atoms with Crippen molar-refractivity contribution in [2.75, 3.05) is 25.1 Å². The maximum absolute atomic E-state index is 11.0. The van der Waals surface area contributed by atoms with Crippen molar-refractivity contribution in [3.63, 3.8) is 0 Å². The minimum Gasteiger partial charge on any atom is -0.480 e. The van der Waals surface area contributed by atoms with Crippen LogP contribution in [0.4, 0.5) is 5.82 Å². The van der Waals surface area contributed by atoms with Gasteiger partial charge in [-0.15, -0.1) is 10.2 Å². The molecule has 6 heteroatoms. The third-order valence-electron chi connectivity index (χ3n) is 2.35. The zero-order chi connectivity index (χ0) is 10.8. The van der Waals surface area contributed by atoms with Crippen molar-refractivity contribution in [1.82, 2.24) is 10.2 Å². The Morgan fingerprint density at radius 3 is 2.73 bits per heavy atom. The summed E-state index contributed by atoms with van der Waals surface area (Å²) in [6, 6.07) is 1.39. The molecular weight excluding hydrogens is 198 g/mol. The quantitative estimate of drug-likeness (QED) is 0.776. The molecule has 1 aliphatic heterocycles. The number of nitrogens with zero attached hydrogens (tertiary/aromatic N) is 3. The van der Waals surface area contributed by atoms with Crippen molar-refractivity contribution in [3.05, 3.63) is 11.6 Å². The van der Waals surface area contributed by atoms with Gasteiger partial charge in [0.25, 0.3) is 0 Å². The van der Waals surface area contributed by atoms with Crippen molar-refractivity contribution in [1.29, 1.82) is 0 Å². The number of methoxy groups -OCH3 is 1. The molecule has 0 amide bonds. The number of ether oxygens (including phenoxy) is 1. The Hall–Kier alpha value is -1.85. The lowest BCUT2D eigenvalue weighted by molar-refractivity contribution is 0.0696. The Kier molecular flexibility index (Phi) is 2.40. The number of aromatic nitrogens is 2. The fraction of sp³-hybridized carbons (Fsp3) is 0.444. The third kappa shape index (κ3) is 1.70. The summed E-state index contributed by atoms with van der Waals surface area (Å²) in [5.74, 6) is -0.365. The topological polar surface area (TPSA) is 75.6 Å². The van der Waals surface area contributed by atoms with E-state index in [4.69, 9.17) is 9.84 Å². The molecular formula is C9H11N3O3. The van der Waals surface area contributed by atoms with Gasteiger partial charge in [0.2, 0.25) is 5.88 Å². The van der Waals surface area contributed by atoms with Gasteiger partial charge in [0, 0.05) is 19.2 Å². The molecule has 6 nitrogen and oxygen atoms in total. The smallest absolute Gasteiger partial charge is 0.339 e. The normalized spacial score (nSPS) is 14.6. The molecule has 1 saturated heterocycles. The van der Waals surface area contributed by atoms with Gasteiger partial charge in [0.15, 0.2) is 5.82 Å². The minimum atomic E-state index is -1.01. The molecule has 0 aliphatic carbocycles. The van der Waals surface area contributed by atoms with Crippen LogP contribution in [0, 0.1) is 0 Å². The van der Waals surface area contributed by atoms with Gasteiger partial charge in [0.1, 0.15) is 5.56 Å². The van der Waals surface area contributed by atoms with Gasteiger partial charge >= 0.3 is 5.97 Å². The molecule has 0 aromatic carbocycles. The Morgan fingerprint density at radius 2 is 2.27 bits per heavy atom. The average Bonchev–Trinajstić information content (AvgIpc) is 2.15. The van der Waals surface area contributed by atoms with Crippen molar-refractivity contribution in [3.8, 4) is 5.88 Å². The zero-order valence-electron chi connectivity index (χ0n) is 8.30. The Bertz CT molecular complexity index is 390. The van der Waals surface area contributed by atoms with E-state index >= 15 is 0 Å². The van der Waals surface area contributed by atoms with E-state index in [1.54, 1.807) is 0 Å². The molecule has 1 aromatic heterocycles. The number of aromatic carboxylic acids is 1. The Balaban J connectivity index is 2.39. The summed E-state index contributed by atoms with van der Waals surface area (Å²) < 4.78 is 4.84.